The Labute approximate surface area is 124 Å². The van der Waals surface area contributed by atoms with Crippen LogP contribution < -0.4 is 0 Å². The van der Waals surface area contributed by atoms with Crippen LogP contribution in [-0.2, 0) is 0 Å². The third-order valence-corrected chi connectivity index (χ3v) is 3.01. The van der Waals surface area contributed by atoms with Crippen LogP contribution in [0.4, 0.5) is 4.39 Å². The van der Waals surface area contributed by atoms with Crippen molar-refractivity contribution in [1.29, 1.82) is 0 Å². The van der Waals surface area contributed by atoms with E-state index in [4.69, 9.17) is 11.6 Å². The fraction of sp³-hybridized carbons (Fsp3) is 0. The van der Waals surface area contributed by atoms with Crippen LogP contribution in [0.5, 0.6) is 0 Å². The van der Waals surface area contributed by atoms with Crippen molar-refractivity contribution in [1.82, 2.24) is 19.7 Å². The highest BCUT2D eigenvalue weighted by atomic mass is 35.5. The predicted molar refractivity (Wildman–Crippen MR) is 74.9 cm³/mol. The molecule has 0 saturated carbocycles. The molecule has 1 aromatic carbocycles. The van der Waals surface area contributed by atoms with Crippen LogP contribution in [0, 0.1) is 5.82 Å². The van der Waals surface area contributed by atoms with Gasteiger partial charge < -0.3 is 0 Å². The molecular weight excluding hydrogens is 295 g/mol. The smallest absolute Gasteiger partial charge is 0.224 e. The molecule has 2 heterocycles. The first-order valence-electron chi connectivity index (χ1n) is 5.97. The lowest BCUT2D eigenvalue weighted by Gasteiger charge is -2.01. The molecule has 0 radical (unpaired) electrons. The third-order valence-electron chi connectivity index (χ3n) is 2.83. The van der Waals surface area contributed by atoms with Crippen molar-refractivity contribution >= 4 is 17.9 Å². The molecule has 0 bridgehead atoms. The van der Waals surface area contributed by atoms with Crippen LogP contribution in [0.2, 0.25) is 5.28 Å². The summed E-state index contributed by atoms with van der Waals surface area (Å²) >= 11 is 5.66. The lowest BCUT2D eigenvalue weighted by atomic mass is 10.1. The van der Waals surface area contributed by atoms with Gasteiger partial charge in [-0.25, -0.2) is 14.1 Å². The highest BCUT2D eigenvalue weighted by Crippen LogP contribution is 2.22. The van der Waals surface area contributed by atoms with Gasteiger partial charge in [0.15, 0.2) is 17.9 Å². The van der Waals surface area contributed by atoms with E-state index < -0.39 is 5.82 Å². The topological polar surface area (TPSA) is 60.7 Å². The average Bonchev–Trinajstić information content (AvgIpc) is 2.94. The van der Waals surface area contributed by atoms with Crippen molar-refractivity contribution in [2.45, 2.75) is 0 Å². The Kier molecular flexibility index (Phi) is 3.45. The van der Waals surface area contributed by atoms with E-state index in [-0.39, 0.29) is 11.1 Å². The van der Waals surface area contributed by atoms with Crippen LogP contribution in [0.15, 0.2) is 42.7 Å². The fourth-order valence-electron chi connectivity index (χ4n) is 1.90. The van der Waals surface area contributed by atoms with Gasteiger partial charge in [-0.05, 0) is 11.6 Å². The van der Waals surface area contributed by atoms with Crippen molar-refractivity contribution in [3.05, 3.63) is 59.4 Å². The van der Waals surface area contributed by atoms with Crippen LogP contribution >= 0.6 is 11.6 Å². The molecule has 0 aliphatic rings. The summed E-state index contributed by atoms with van der Waals surface area (Å²) in [6.07, 6.45) is 3.01. The van der Waals surface area contributed by atoms with Crippen molar-refractivity contribution in [3.63, 3.8) is 0 Å². The molecule has 5 nitrogen and oxygen atoms in total. The first kappa shape index (κ1) is 13.4. The van der Waals surface area contributed by atoms with Crippen LogP contribution in [0.3, 0.4) is 0 Å². The van der Waals surface area contributed by atoms with E-state index >= 15 is 0 Å². The number of aromatic nitrogens is 4. The van der Waals surface area contributed by atoms with Gasteiger partial charge in [0.1, 0.15) is 5.69 Å². The van der Waals surface area contributed by atoms with Gasteiger partial charge in [-0.3, -0.25) is 4.79 Å². The number of carbonyl (C=O) groups excluding carboxylic acids is 1. The number of hydrogen-bond acceptors (Lipinski definition) is 4. The second kappa shape index (κ2) is 5.41. The van der Waals surface area contributed by atoms with Crippen molar-refractivity contribution in [2.24, 2.45) is 0 Å². The first-order valence-corrected chi connectivity index (χ1v) is 6.35. The van der Waals surface area contributed by atoms with Gasteiger partial charge in [-0.15, -0.1) is 0 Å². The third kappa shape index (κ3) is 2.53. The molecule has 0 fully saturated rings. The van der Waals surface area contributed by atoms with Crippen molar-refractivity contribution in [3.8, 4) is 17.1 Å². The molecule has 2 aromatic heterocycles. The van der Waals surface area contributed by atoms with Gasteiger partial charge in [0.25, 0.3) is 0 Å². The summed E-state index contributed by atoms with van der Waals surface area (Å²) < 4.78 is 14.9. The lowest BCUT2D eigenvalue weighted by Crippen LogP contribution is -2.03. The Bertz CT molecular complexity index is 804. The standard InChI is InChI=1S/C14H8ClFN4O/c15-14-17-6-11(16)13(18-14)20-7-10(8-21)12(19-20)9-4-2-1-3-5-9/h1-8H. The number of rotatable bonds is 3. The van der Waals surface area contributed by atoms with E-state index in [1.807, 2.05) is 30.3 Å². The van der Waals surface area contributed by atoms with Gasteiger partial charge in [0, 0.05) is 11.8 Å². The summed E-state index contributed by atoms with van der Waals surface area (Å²) in [7, 11) is 0. The first-order chi connectivity index (χ1) is 10.2. The Morgan fingerprint density at radius 2 is 2.00 bits per heavy atom. The summed E-state index contributed by atoms with van der Waals surface area (Å²) in [5.74, 6) is -0.792. The number of benzene rings is 1. The predicted octanol–water partition coefficient (Wildman–Crippen LogP) is 2.93. The molecule has 0 aliphatic carbocycles. The summed E-state index contributed by atoms with van der Waals surface area (Å²) in [5, 5.41) is 4.12. The van der Waals surface area contributed by atoms with E-state index in [9.17, 15) is 9.18 Å². The maximum absolute atomic E-state index is 13.8. The molecule has 0 aliphatic heterocycles. The van der Waals surface area contributed by atoms with E-state index in [1.54, 1.807) is 0 Å². The minimum Gasteiger partial charge on any atom is -0.298 e. The molecule has 0 spiro atoms. The number of hydrogen-bond donors (Lipinski definition) is 0. The normalized spacial score (nSPS) is 10.6. The summed E-state index contributed by atoms with van der Waals surface area (Å²) in [6.45, 7) is 0. The minimum absolute atomic E-state index is 0.101. The maximum Gasteiger partial charge on any atom is 0.224 e. The molecule has 0 saturated heterocycles. The lowest BCUT2D eigenvalue weighted by molar-refractivity contribution is 0.112. The largest absolute Gasteiger partial charge is 0.298 e. The molecule has 21 heavy (non-hydrogen) atoms. The van der Waals surface area contributed by atoms with Crippen LogP contribution in [0.1, 0.15) is 10.4 Å². The van der Waals surface area contributed by atoms with E-state index in [0.29, 0.717) is 17.5 Å². The number of aldehydes is 1. The van der Waals surface area contributed by atoms with Gasteiger partial charge in [-0.1, -0.05) is 30.3 Å². The highest BCUT2D eigenvalue weighted by molar-refractivity contribution is 6.28. The van der Waals surface area contributed by atoms with Gasteiger partial charge in [0.2, 0.25) is 5.28 Å². The zero-order valence-electron chi connectivity index (χ0n) is 10.6. The van der Waals surface area contributed by atoms with Gasteiger partial charge in [0.05, 0.1) is 11.8 Å². The SMILES string of the molecule is O=Cc1cn(-c2nc(Cl)ncc2F)nc1-c1ccccc1. The Hall–Kier alpha value is -2.60. The van der Waals surface area contributed by atoms with Gasteiger partial charge >= 0.3 is 0 Å². The zero-order valence-corrected chi connectivity index (χ0v) is 11.3. The summed E-state index contributed by atoms with van der Waals surface area (Å²) in [6, 6.07) is 9.12. The second-order valence-corrected chi connectivity index (χ2v) is 4.51. The monoisotopic (exact) mass is 302 g/mol. The fourth-order valence-corrected chi connectivity index (χ4v) is 2.03. The molecular formula is C14H8ClFN4O. The van der Waals surface area contributed by atoms with E-state index in [0.717, 1.165) is 11.8 Å². The average molecular weight is 303 g/mol. The molecule has 0 atom stereocenters. The van der Waals surface area contributed by atoms with E-state index in [2.05, 4.69) is 15.1 Å². The van der Waals surface area contributed by atoms with Gasteiger partial charge in [-0.2, -0.15) is 10.1 Å². The minimum atomic E-state index is -0.682. The molecule has 0 N–H and O–H groups in total. The quantitative estimate of drug-likeness (QED) is 0.551. The summed E-state index contributed by atoms with van der Waals surface area (Å²) in [4.78, 5) is 18.5. The molecule has 0 amide bonds. The Balaban J connectivity index is 2.16. The molecule has 104 valence electrons. The van der Waals surface area contributed by atoms with Crippen molar-refractivity contribution in [2.75, 3.05) is 0 Å². The Morgan fingerprint density at radius 3 is 2.71 bits per heavy atom. The number of nitrogens with zero attached hydrogens (tertiary/aromatic N) is 4. The maximum atomic E-state index is 13.8. The second-order valence-electron chi connectivity index (χ2n) is 4.17. The Morgan fingerprint density at radius 1 is 1.24 bits per heavy atom. The van der Waals surface area contributed by atoms with Crippen LogP contribution in [-0.4, -0.2) is 26.0 Å². The molecule has 3 aromatic rings. The number of carbonyl (C=O) groups is 1. The highest BCUT2D eigenvalue weighted by Gasteiger charge is 2.15. The van der Waals surface area contributed by atoms with Crippen molar-refractivity contribution < 1.29 is 9.18 Å². The molecule has 3 rings (SSSR count). The summed E-state index contributed by atoms with van der Waals surface area (Å²) in [5.41, 5.74) is 1.52. The zero-order chi connectivity index (χ0) is 14.8. The van der Waals surface area contributed by atoms with E-state index in [1.165, 1.54) is 10.9 Å². The van der Waals surface area contributed by atoms with Crippen LogP contribution in [0.25, 0.3) is 17.1 Å². The number of halogens is 2. The molecule has 0 unspecified atom stereocenters. The molecule has 7 heteroatoms.